The van der Waals surface area contributed by atoms with E-state index in [0.29, 0.717) is 0 Å². The molecule has 3 atom stereocenters. The predicted molar refractivity (Wildman–Crippen MR) is 122 cm³/mol. The van der Waals surface area contributed by atoms with Crippen LogP contribution < -0.4 is 0 Å². The summed E-state index contributed by atoms with van der Waals surface area (Å²) in [6.45, 7) is 29.1. The molecule has 0 rings (SSSR count). The third-order valence-electron chi connectivity index (χ3n) is 7.01. The first kappa shape index (κ1) is 25.7. The second kappa shape index (κ2) is 10.9. The molecule has 0 nitrogen and oxygen atoms in total. The van der Waals surface area contributed by atoms with Gasteiger partial charge in [-0.05, 0) is 46.3 Å². The van der Waals surface area contributed by atoms with Crippen LogP contribution in [0.15, 0.2) is 12.2 Å². The maximum absolute atomic E-state index is 2.59. The van der Waals surface area contributed by atoms with Gasteiger partial charge in [-0.15, -0.1) is 0 Å². The van der Waals surface area contributed by atoms with Gasteiger partial charge in [-0.3, -0.25) is 0 Å². The summed E-state index contributed by atoms with van der Waals surface area (Å²) < 4.78 is 0. The summed E-state index contributed by atoms with van der Waals surface area (Å²) in [4.78, 5) is 0. The van der Waals surface area contributed by atoms with E-state index >= 15 is 0 Å². The minimum atomic E-state index is 0.246. The molecule has 0 aromatic rings. The first-order chi connectivity index (χ1) is 11.9. The number of allylic oxidation sites excluding steroid dienone is 2. The van der Waals surface area contributed by atoms with E-state index in [1.54, 1.807) is 0 Å². The van der Waals surface area contributed by atoms with Crippen LogP contribution in [0.2, 0.25) is 0 Å². The fraction of sp³-hybridized carbons (Fsp3) is 0.923. The molecule has 0 saturated heterocycles. The molecule has 0 aliphatic heterocycles. The molecule has 0 aromatic carbocycles. The Hall–Kier alpha value is -0.260. The van der Waals surface area contributed by atoms with E-state index in [-0.39, 0.29) is 10.8 Å². The van der Waals surface area contributed by atoms with Crippen molar-refractivity contribution in [2.45, 2.75) is 109 Å². The second-order valence-corrected chi connectivity index (χ2v) is 10.9. The molecule has 3 unspecified atom stereocenters. The molecule has 0 aromatic heterocycles. The normalized spacial score (nSPS) is 17.5. The van der Waals surface area contributed by atoms with Crippen molar-refractivity contribution in [2.75, 3.05) is 0 Å². The standard InChI is InChI=1S/C26H52/c1-13-16-21(8)23(19(4)5)25(9,10)17-18-26(11,12)24(20(6)7)22(14-2)15-3/h17-24H,13-16H2,1-12H3. The Labute approximate surface area is 167 Å². The van der Waals surface area contributed by atoms with E-state index in [9.17, 15) is 0 Å². The molecule has 0 bridgehead atoms. The fourth-order valence-electron chi connectivity index (χ4n) is 6.34. The van der Waals surface area contributed by atoms with E-state index in [1.807, 2.05) is 0 Å². The lowest BCUT2D eigenvalue weighted by Gasteiger charge is -2.43. The molecular formula is C26H52. The number of rotatable bonds is 12. The lowest BCUT2D eigenvalue weighted by atomic mass is 9.62. The van der Waals surface area contributed by atoms with Crippen molar-refractivity contribution >= 4 is 0 Å². The molecule has 26 heavy (non-hydrogen) atoms. The van der Waals surface area contributed by atoms with Gasteiger partial charge in [0.15, 0.2) is 0 Å². The Morgan fingerprint density at radius 3 is 1.35 bits per heavy atom. The van der Waals surface area contributed by atoms with Gasteiger partial charge < -0.3 is 0 Å². The molecule has 0 radical (unpaired) electrons. The lowest BCUT2D eigenvalue weighted by molar-refractivity contribution is 0.113. The highest BCUT2D eigenvalue weighted by atomic mass is 14.4. The Kier molecular flexibility index (Phi) is 10.8. The highest BCUT2D eigenvalue weighted by Crippen LogP contribution is 2.45. The van der Waals surface area contributed by atoms with Gasteiger partial charge in [-0.25, -0.2) is 0 Å². The van der Waals surface area contributed by atoms with Crippen molar-refractivity contribution < 1.29 is 0 Å². The molecule has 156 valence electrons. The minimum absolute atomic E-state index is 0.246. The van der Waals surface area contributed by atoms with Crippen LogP contribution >= 0.6 is 0 Å². The Balaban J connectivity index is 5.67. The van der Waals surface area contributed by atoms with Crippen molar-refractivity contribution in [3.8, 4) is 0 Å². The third kappa shape index (κ3) is 7.05. The molecule has 0 amide bonds. The minimum Gasteiger partial charge on any atom is -0.0820 e. The SMILES string of the molecule is CCCC(C)C(C(C)C)C(C)(C)C=CC(C)(C)C(C(C)C)C(CC)CC. The summed E-state index contributed by atoms with van der Waals surface area (Å²) >= 11 is 0. The average Bonchev–Trinajstić information content (AvgIpc) is 2.49. The molecule has 0 heterocycles. The average molecular weight is 365 g/mol. The van der Waals surface area contributed by atoms with Gasteiger partial charge in [0.05, 0.1) is 0 Å². The quantitative estimate of drug-likeness (QED) is 0.303. The number of hydrogen-bond acceptors (Lipinski definition) is 0. The zero-order chi connectivity index (χ0) is 20.7. The van der Waals surface area contributed by atoms with Crippen LogP contribution in [0.25, 0.3) is 0 Å². The third-order valence-corrected chi connectivity index (χ3v) is 7.01. The first-order valence-corrected chi connectivity index (χ1v) is 11.6. The van der Waals surface area contributed by atoms with Crippen LogP contribution in [0.3, 0.4) is 0 Å². The highest BCUT2D eigenvalue weighted by molar-refractivity contribution is 5.07. The molecule has 0 heteroatoms. The summed E-state index contributed by atoms with van der Waals surface area (Å²) in [6.07, 6.45) is 10.4. The van der Waals surface area contributed by atoms with E-state index in [1.165, 1.54) is 25.7 Å². The summed E-state index contributed by atoms with van der Waals surface area (Å²) in [5.74, 6) is 4.53. The maximum Gasteiger partial charge on any atom is -0.0141 e. The van der Waals surface area contributed by atoms with Crippen LogP contribution in [0.5, 0.6) is 0 Å². The second-order valence-electron chi connectivity index (χ2n) is 10.9. The van der Waals surface area contributed by atoms with Gasteiger partial charge in [-0.2, -0.15) is 0 Å². The Bertz CT molecular complexity index is 392. The van der Waals surface area contributed by atoms with Crippen LogP contribution in [0, 0.1) is 46.3 Å². The van der Waals surface area contributed by atoms with Gasteiger partial charge in [0.1, 0.15) is 0 Å². The zero-order valence-electron chi connectivity index (χ0n) is 20.4. The maximum atomic E-state index is 2.59. The summed E-state index contributed by atoms with van der Waals surface area (Å²) in [6, 6.07) is 0. The van der Waals surface area contributed by atoms with Crippen LogP contribution in [-0.2, 0) is 0 Å². The molecular weight excluding hydrogens is 312 g/mol. The summed E-state index contributed by atoms with van der Waals surface area (Å²) in [7, 11) is 0. The molecule has 0 fully saturated rings. The molecule has 0 N–H and O–H groups in total. The van der Waals surface area contributed by atoms with Gasteiger partial charge in [0, 0.05) is 0 Å². The summed E-state index contributed by atoms with van der Waals surface area (Å²) in [5.41, 5.74) is 0.493. The van der Waals surface area contributed by atoms with Crippen LogP contribution in [0.1, 0.15) is 109 Å². The smallest absolute Gasteiger partial charge is 0.0141 e. The first-order valence-electron chi connectivity index (χ1n) is 11.6. The largest absolute Gasteiger partial charge is 0.0820 e. The van der Waals surface area contributed by atoms with E-state index in [4.69, 9.17) is 0 Å². The van der Waals surface area contributed by atoms with Crippen LogP contribution in [0.4, 0.5) is 0 Å². The van der Waals surface area contributed by atoms with Crippen molar-refractivity contribution in [2.24, 2.45) is 46.3 Å². The van der Waals surface area contributed by atoms with Crippen LogP contribution in [-0.4, -0.2) is 0 Å². The topological polar surface area (TPSA) is 0 Å². The van der Waals surface area contributed by atoms with Crippen molar-refractivity contribution in [3.63, 3.8) is 0 Å². The van der Waals surface area contributed by atoms with E-state index in [2.05, 4.69) is 95.2 Å². The van der Waals surface area contributed by atoms with Gasteiger partial charge >= 0.3 is 0 Å². The highest BCUT2D eigenvalue weighted by Gasteiger charge is 2.37. The van der Waals surface area contributed by atoms with Gasteiger partial charge in [-0.1, -0.05) is 121 Å². The van der Waals surface area contributed by atoms with Crippen molar-refractivity contribution in [1.29, 1.82) is 0 Å². The van der Waals surface area contributed by atoms with Crippen molar-refractivity contribution in [1.82, 2.24) is 0 Å². The zero-order valence-corrected chi connectivity index (χ0v) is 20.4. The molecule has 0 spiro atoms. The molecule has 0 aliphatic carbocycles. The fourth-order valence-corrected chi connectivity index (χ4v) is 6.34. The lowest BCUT2D eigenvalue weighted by Crippen LogP contribution is -2.35. The summed E-state index contributed by atoms with van der Waals surface area (Å²) in [5, 5.41) is 0. The monoisotopic (exact) mass is 364 g/mol. The van der Waals surface area contributed by atoms with E-state index < -0.39 is 0 Å². The van der Waals surface area contributed by atoms with Gasteiger partial charge in [0.25, 0.3) is 0 Å². The van der Waals surface area contributed by atoms with E-state index in [0.717, 1.165) is 35.5 Å². The molecule has 0 aliphatic rings. The van der Waals surface area contributed by atoms with Gasteiger partial charge in [0.2, 0.25) is 0 Å². The Morgan fingerprint density at radius 2 is 1.04 bits per heavy atom. The van der Waals surface area contributed by atoms with Crippen molar-refractivity contribution in [3.05, 3.63) is 12.2 Å². The predicted octanol–water partition coefficient (Wildman–Crippen LogP) is 9.01. The molecule has 0 saturated carbocycles. The Morgan fingerprint density at radius 1 is 0.654 bits per heavy atom. The number of hydrogen-bond donors (Lipinski definition) is 0.